The van der Waals surface area contributed by atoms with Crippen molar-refractivity contribution in [2.75, 3.05) is 0 Å². The van der Waals surface area contributed by atoms with Gasteiger partial charge in [0.15, 0.2) is 0 Å². The molecule has 2 unspecified atom stereocenters. The molecule has 0 fully saturated rings. The van der Waals surface area contributed by atoms with Gasteiger partial charge in [-0.05, 0) is 31.0 Å². The Bertz CT molecular complexity index is 438. The van der Waals surface area contributed by atoms with Crippen LogP contribution in [-0.2, 0) is 0 Å². The predicted octanol–water partition coefficient (Wildman–Crippen LogP) is 2.96. The van der Waals surface area contributed by atoms with Gasteiger partial charge in [-0.2, -0.15) is 5.26 Å². The van der Waals surface area contributed by atoms with Gasteiger partial charge in [0, 0.05) is 0 Å². The average molecular weight is 259 g/mol. The molecule has 1 rings (SSSR count). The highest BCUT2D eigenvalue weighted by Gasteiger charge is 2.31. The van der Waals surface area contributed by atoms with Gasteiger partial charge in [0.1, 0.15) is 5.75 Å². The summed E-state index contributed by atoms with van der Waals surface area (Å²) >= 11 is 0. The molecule has 98 valence electrons. The summed E-state index contributed by atoms with van der Waals surface area (Å²) in [6.07, 6.45) is -5.31. The van der Waals surface area contributed by atoms with Gasteiger partial charge in [0.05, 0.1) is 18.1 Å². The van der Waals surface area contributed by atoms with Crippen molar-refractivity contribution in [2.45, 2.75) is 31.7 Å². The lowest BCUT2D eigenvalue weighted by molar-refractivity contribution is -0.274. The third-order valence-electron chi connectivity index (χ3n) is 2.23. The Hall–Kier alpha value is -1.74. The van der Waals surface area contributed by atoms with Crippen LogP contribution in [0.15, 0.2) is 24.3 Å². The molecule has 0 radical (unpaired) electrons. The molecule has 0 aromatic heterocycles. The highest BCUT2D eigenvalue weighted by molar-refractivity contribution is 5.33. The van der Waals surface area contributed by atoms with Crippen molar-refractivity contribution in [1.29, 1.82) is 5.26 Å². The Morgan fingerprint density at radius 2 is 2.11 bits per heavy atom. The largest absolute Gasteiger partial charge is 0.573 e. The fraction of sp³-hybridized carbons (Fsp3) is 0.417. The Balaban J connectivity index is 2.90. The second kappa shape index (κ2) is 5.74. The third kappa shape index (κ3) is 4.63. The Morgan fingerprint density at radius 1 is 1.44 bits per heavy atom. The topological polar surface area (TPSA) is 53.2 Å². The van der Waals surface area contributed by atoms with Gasteiger partial charge in [0.25, 0.3) is 0 Å². The number of aliphatic hydroxyl groups excluding tert-OH is 1. The Morgan fingerprint density at radius 3 is 2.61 bits per heavy atom. The summed E-state index contributed by atoms with van der Waals surface area (Å²) in [4.78, 5) is 0. The number of halogens is 3. The number of hydrogen-bond donors (Lipinski definition) is 1. The summed E-state index contributed by atoms with van der Waals surface area (Å²) in [6, 6.07) is 7.16. The second-order valence-electron chi connectivity index (χ2n) is 3.89. The number of nitriles is 1. The van der Waals surface area contributed by atoms with Crippen LogP contribution in [0.1, 0.15) is 24.8 Å². The van der Waals surface area contributed by atoms with E-state index in [-0.39, 0.29) is 12.2 Å². The van der Waals surface area contributed by atoms with Gasteiger partial charge in [-0.1, -0.05) is 12.1 Å². The van der Waals surface area contributed by atoms with Crippen LogP contribution in [0, 0.1) is 11.3 Å². The average Bonchev–Trinajstić information content (AvgIpc) is 2.23. The molecule has 2 atom stereocenters. The molecule has 0 spiro atoms. The minimum absolute atomic E-state index is 0.159. The van der Waals surface area contributed by atoms with Crippen molar-refractivity contribution < 1.29 is 23.0 Å². The molecule has 1 aromatic carbocycles. The minimum atomic E-state index is -4.76. The van der Waals surface area contributed by atoms with Crippen LogP contribution in [0.4, 0.5) is 13.2 Å². The van der Waals surface area contributed by atoms with E-state index in [1.165, 1.54) is 19.1 Å². The lowest BCUT2D eigenvalue weighted by Crippen LogP contribution is -2.17. The normalized spacial score (nSPS) is 14.7. The predicted molar refractivity (Wildman–Crippen MR) is 57.8 cm³/mol. The van der Waals surface area contributed by atoms with Crippen molar-refractivity contribution in [2.24, 2.45) is 0 Å². The van der Waals surface area contributed by atoms with Gasteiger partial charge >= 0.3 is 6.36 Å². The molecule has 0 amide bonds. The number of nitrogens with zero attached hydrogens (tertiary/aromatic N) is 1. The lowest BCUT2D eigenvalue weighted by Gasteiger charge is -2.14. The summed E-state index contributed by atoms with van der Waals surface area (Å²) in [5, 5.41) is 18.1. The number of alkyl halides is 3. The van der Waals surface area contributed by atoms with E-state index in [4.69, 9.17) is 5.26 Å². The van der Waals surface area contributed by atoms with Crippen LogP contribution in [0.2, 0.25) is 0 Å². The zero-order valence-corrected chi connectivity index (χ0v) is 9.61. The first kappa shape index (κ1) is 14.3. The molecule has 0 aliphatic carbocycles. The fourth-order valence-corrected chi connectivity index (χ4v) is 1.53. The summed E-state index contributed by atoms with van der Waals surface area (Å²) in [5.74, 6) is -1.03. The minimum Gasteiger partial charge on any atom is -0.406 e. The van der Waals surface area contributed by atoms with E-state index in [9.17, 15) is 18.3 Å². The first-order valence-electron chi connectivity index (χ1n) is 5.25. The molecule has 1 aromatic rings. The summed E-state index contributed by atoms with van der Waals surface area (Å²) in [5.41, 5.74) is 0.389. The van der Waals surface area contributed by atoms with Crippen molar-refractivity contribution in [3.05, 3.63) is 29.8 Å². The number of rotatable bonds is 4. The zero-order chi connectivity index (χ0) is 13.8. The van der Waals surface area contributed by atoms with Crippen LogP contribution in [0.3, 0.4) is 0 Å². The van der Waals surface area contributed by atoms with E-state index in [0.29, 0.717) is 5.56 Å². The monoisotopic (exact) mass is 259 g/mol. The van der Waals surface area contributed by atoms with Crippen molar-refractivity contribution in [1.82, 2.24) is 0 Å². The third-order valence-corrected chi connectivity index (χ3v) is 2.23. The van der Waals surface area contributed by atoms with E-state index >= 15 is 0 Å². The smallest absolute Gasteiger partial charge is 0.406 e. The fourth-order valence-electron chi connectivity index (χ4n) is 1.53. The van der Waals surface area contributed by atoms with Crippen LogP contribution >= 0.6 is 0 Å². The molecular weight excluding hydrogens is 247 g/mol. The van der Waals surface area contributed by atoms with Gasteiger partial charge in [-0.3, -0.25) is 0 Å². The van der Waals surface area contributed by atoms with Crippen molar-refractivity contribution in [3.63, 3.8) is 0 Å². The molecule has 6 heteroatoms. The van der Waals surface area contributed by atoms with E-state index in [2.05, 4.69) is 4.74 Å². The van der Waals surface area contributed by atoms with Gasteiger partial charge < -0.3 is 9.84 Å². The number of hydrogen-bond acceptors (Lipinski definition) is 3. The maximum absolute atomic E-state index is 12.0. The van der Waals surface area contributed by atoms with E-state index in [1.807, 2.05) is 6.07 Å². The lowest BCUT2D eigenvalue weighted by atomic mass is 9.95. The molecular formula is C12H12F3NO2. The highest BCUT2D eigenvalue weighted by Crippen LogP contribution is 2.27. The van der Waals surface area contributed by atoms with Gasteiger partial charge in [-0.25, -0.2) is 0 Å². The maximum atomic E-state index is 12.0. The van der Waals surface area contributed by atoms with Gasteiger partial charge in [0.2, 0.25) is 0 Å². The molecule has 18 heavy (non-hydrogen) atoms. The van der Waals surface area contributed by atoms with Crippen molar-refractivity contribution in [3.8, 4) is 11.8 Å². The van der Waals surface area contributed by atoms with Gasteiger partial charge in [-0.15, -0.1) is 13.2 Å². The molecule has 0 aliphatic rings. The summed E-state index contributed by atoms with van der Waals surface area (Å²) in [6.45, 7) is 1.51. The molecule has 1 N–H and O–H groups in total. The zero-order valence-electron chi connectivity index (χ0n) is 9.61. The standard InChI is InChI=1S/C12H12F3NO2/c1-8(17)5-10(7-16)9-3-2-4-11(6-9)18-12(13,14)15/h2-4,6,8,10,17H,5H2,1H3. The summed E-state index contributed by atoms with van der Waals surface area (Å²) in [7, 11) is 0. The van der Waals surface area contributed by atoms with E-state index in [1.54, 1.807) is 0 Å². The van der Waals surface area contributed by atoms with Crippen LogP contribution in [0.5, 0.6) is 5.75 Å². The van der Waals surface area contributed by atoms with Crippen LogP contribution in [-0.4, -0.2) is 17.6 Å². The summed E-state index contributed by atoms with van der Waals surface area (Å²) < 4.78 is 39.9. The molecule has 0 saturated heterocycles. The first-order valence-corrected chi connectivity index (χ1v) is 5.25. The van der Waals surface area contributed by atoms with E-state index in [0.717, 1.165) is 12.1 Å². The molecule has 0 aliphatic heterocycles. The quantitative estimate of drug-likeness (QED) is 0.904. The van der Waals surface area contributed by atoms with Crippen LogP contribution < -0.4 is 4.74 Å². The number of aliphatic hydroxyl groups is 1. The Labute approximate surface area is 102 Å². The first-order chi connectivity index (χ1) is 8.31. The highest BCUT2D eigenvalue weighted by atomic mass is 19.4. The molecule has 0 heterocycles. The second-order valence-corrected chi connectivity index (χ2v) is 3.89. The van der Waals surface area contributed by atoms with Crippen molar-refractivity contribution >= 4 is 0 Å². The maximum Gasteiger partial charge on any atom is 0.573 e. The number of ether oxygens (including phenoxy) is 1. The molecule has 0 saturated carbocycles. The molecule has 0 bridgehead atoms. The number of benzene rings is 1. The Kier molecular flexibility index (Phi) is 4.56. The molecule has 3 nitrogen and oxygen atoms in total. The SMILES string of the molecule is CC(O)CC(C#N)c1cccc(OC(F)(F)F)c1. The van der Waals surface area contributed by atoms with E-state index < -0.39 is 18.4 Å². The van der Waals surface area contributed by atoms with Crippen LogP contribution in [0.25, 0.3) is 0 Å².